The van der Waals surface area contributed by atoms with Gasteiger partial charge >= 0.3 is 6.01 Å². The molecule has 0 N–H and O–H groups in total. The summed E-state index contributed by atoms with van der Waals surface area (Å²) in [7, 11) is 0. The quantitative estimate of drug-likeness (QED) is 0.818. The molecule has 0 bridgehead atoms. The van der Waals surface area contributed by atoms with Crippen molar-refractivity contribution in [3.63, 3.8) is 0 Å². The summed E-state index contributed by atoms with van der Waals surface area (Å²) in [5.74, 6) is 0.00410. The summed E-state index contributed by atoms with van der Waals surface area (Å²) in [4.78, 5) is 22.2. The Morgan fingerprint density at radius 2 is 2.14 bits per heavy atom. The molecule has 1 aliphatic rings. The van der Waals surface area contributed by atoms with Gasteiger partial charge in [-0.05, 0) is 18.2 Å². The molecular weight excluding hydrogens is 370 g/mol. The van der Waals surface area contributed by atoms with E-state index in [0.29, 0.717) is 23.7 Å². The van der Waals surface area contributed by atoms with Crippen LogP contribution in [0.25, 0.3) is 0 Å². The number of carbonyl (C=O) groups excluding carboxylic acids is 1. The summed E-state index contributed by atoms with van der Waals surface area (Å²) in [5, 5.41) is 0.463. The first-order valence-corrected chi connectivity index (χ1v) is 7.98. The SMILES string of the molecule is O=C(c1cccc(Br)c1)N1CCC(Oc2ncc(Cl)cn2)C1. The van der Waals surface area contributed by atoms with Crippen molar-refractivity contribution in [2.24, 2.45) is 0 Å². The van der Waals surface area contributed by atoms with Crippen LogP contribution in [0, 0.1) is 0 Å². The van der Waals surface area contributed by atoms with E-state index in [1.165, 1.54) is 12.4 Å². The minimum atomic E-state index is -0.0997. The lowest BCUT2D eigenvalue weighted by atomic mass is 10.2. The monoisotopic (exact) mass is 381 g/mol. The smallest absolute Gasteiger partial charge is 0.316 e. The molecule has 1 aliphatic heterocycles. The third-order valence-corrected chi connectivity index (χ3v) is 4.06. The molecule has 0 aliphatic carbocycles. The average Bonchev–Trinajstić information content (AvgIpc) is 2.97. The van der Waals surface area contributed by atoms with E-state index in [1.54, 1.807) is 4.90 Å². The van der Waals surface area contributed by atoms with E-state index in [2.05, 4.69) is 25.9 Å². The maximum Gasteiger partial charge on any atom is 0.316 e. The van der Waals surface area contributed by atoms with Crippen LogP contribution in [-0.4, -0.2) is 40.0 Å². The van der Waals surface area contributed by atoms with Gasteiger partial charge in [0, 0.05) is 23.0 Å². The van der Waals surface area contributed by atoms with E-state index in [9.17, 15) is 4.79 Å². The molecule has 1 fully saturated rings. The average molecular weight is 383 g/mol. The van der Waals surface area contributed by atoms with Crippen molar-refractivity contribution >= 4 is 33.4 Å². The number of hydrogen-bond donors (Lipinski definition) is 0. The molecule has 0 spiro atoms. The van der Waals surface area contributed by atoms with Crippen molar-refractivity contribution in [3.05, 3.63) is 51.7 Å². The molecule has 114 valence electrons. The Bertz CT molecular complexity index is 681. The van der Waals surface area contributed by atoms with Gasteiger partial charge in [-0.3, -0.25) is 4.79 Å². The van der Waals surface area contributed by atoms with Gasteiger partial charge < -0.3 is 9.64 Å². The van der Waals surface area contributed by atoms with Crippen molar-refractivity contribution in [3.8, 4) is 6.01 Å². The number of benzene rings is 1. The number of halogens is 2. The fourth-order valence-electron chi connectivity index (χ4n) is 2.32. The highest BCUT2D eigenvalue weighted by molar-refractivity contribution is 9.10. The summed E-state index contributed by atoms with van der Waals surface area (Å²) < 4.78 is 6.58. The molecule has 1 aromatic heterocycles. The molecule has 2 heterocycles. The molecule has 5 nitrogen and oxygen atoms in total. The fourth-order valence-corrected chi connectivity index (χ4v) is 2.82. The number of amides is 1. The molecule has 1 atom stereocenters. The lowest BCUT2D eigenvalue weighted by Crippen LogP contribution is -2.31. The molecule has 7 heteroatoms. The highest BCUT2D eigenvalue weighted by Crippen LogP contribution is 2.19. The van der Waals surface area contributed by atoms with E-state index in [0.717, 1.165) is 10.9 Å². The number of nitrogens with zero attached hydrogens (tertiary/aromatic N) is 3. The molecule has 22 heavy (non-hydrogen) atoms. The third kappa shape index (κ3) is 3.56. The predicted octanol–water partition coefficient (Wildman–Crippen LogP) is 3.19. The normalized spacial score (nSPS) is 17.5. The predicted molar refractivity (Wildman–Crippen MR) is 86.1 cm³/mol. The minimum Gasteiger partial charge on any atom is -0.458 e. The summed E-state index contributed by atoms with van der Waals surface area (Å²) in [6.45, 7) is 1.18. The first-order chi connectivity index (χ1) is 10.6. The van der Waals surface area contributed by atoms with E-state index in [4.69, 9.17) is 16.3 Å². The van der Waals surface area contributed by atoms with E-state index >= 15 is 0 Å². The number of likely N-dealkylation sites (tertiary alicyclic amines) is 1. The zero-order valence-electron chi connectivity index (χ0n) is 11.6. The largest absolute Gasteiger partial charge is 0.458 e. The van der Waals surface area contributed by atoms with Crippen LogP contribution in [0.2, 0.25) is 5.02 Å². The first kappa shape index (κ1) is 15.2. The molecule has 1 saturated heterocycles. The Kier molecular flexibility index (Phi) is 4.59. The number of rotatable bonds is 3. The number of aromatic nitrogens is 2. The van der Waals surface area contributed by atoms with Crippen LogP contribution in [0.15, 0.2) is 41.1 Å². The van der Waals surface area contributed by atoms with Gasteiger partial charge in [0.25, 0.3) is 5.91 Å². The lowest BCUT2D eigenvalue weighted by Gasteiger charge is -2.16. The van der Waals surface area contributed by atoms with Gasteiger partial charge in [0.15, 0.2) is 0 Å². The second kappa shape index (κ2) is 6.62. The Morgan fingerprint density at radius 1 is 1.36 bits per heavy atom. The Labute approximate surface area is 141 Å². The molecule has 1 amide bonds. The Morgan fingerprint density at radius 3 is 2.86 bits per heavy atom. The highest BCUT2D eigenvalue weighted by atomic mass is 79.9. The van der Waals surface area contributed by atoms with Crippen molar-refractivity contribution < 1.29 is 9.53 Å². The minimum absolute atomic E-state index is 0.00410. The van der Waals surface area contributed by atoms with E-state index in [1.807, 2.05) is 24.3 Å². The summed E-state index contributed by atoms with van der Waals surface area (Å²) in [6.07, 6.45) is 3.63. The van der Waals surface area contributed by atoms with Crippen LogP contribution in [0.5, 0.6) is 6.01 Å². The Balaban J connectivity index is 1.62. The van der Waals surface area contributed by atoms with Crippen LogP contribution in [0.3, 0.4) is 0 Å². The third-order valence-electron chi connectivity index (χ3n) is 3.37. The lowest BCUT2D eigenvalue weighted by molar-refractivity contribution is 0.0769. The zero-order chi connectivity index (χ0) is 15.5. The Hall–Kier alpha value is -1.66. The van der Waals surface area contributed by atoms with Crippen LogP contribution >= 0.6 is 27.5 Å². The van der Waals surface area contributed by atoms with Crippen molar-refractivity contribution in [2.45, 2.75) is 12.5 Å². The molecule has 1 aromatic carbocycles. The number of carbonyl (C=O) groups is 1. The summed E-state index contributed by atoms with van der Waals surface area (Å²) >= 11 is 9.11. The second-order valence-electron chi connectivity index (χ2n) is 4.97. The van der Waals surface area contributed by atoms with Gasteiger partial charge in [-0.25, -0.2) is 9.97 Å². The van der Waals surface area contributed by atoms with Crippen molar-refractivity contribution in [1.82, 2.24) is 14.9 Å². The fraction of sp³-hybridized carbons (Fsp3) is 0.267. The van der Waals surface area contributed by atoms with Crippen LogP contribution < -0.4 is 4.74 Å². The molecule has 0 saturated carbocycles. The highest BCUT2D eigenvalue weighted by Gasteiger charge is 2.28. The molecule has 0 radical (unpaired) electrons. The number of hydrogen-bond acceptors (Lipinski definition) is 4. The molecule has 1 unspecified atom stereocenters. The molecule has 2 aromatic rings. The van der Waals surface area contributed by atoms with Crippen LogP contribution in [0.1, 0.15) is 16.8 Å². The summed E-state index contributed by atoms with van der Waals surface area (Å²) in [5.41, 5.74) is 0.665. The van der Waals surface area contributed by atoms with E-state index < -0.39 is 0 Å². The van der Waals surface area contributed by atoms with Crippen LogP contribution in [-0.2, 0) is 0 Å². The topological polar surface area (TPSA) is 55.3 Å². The van der Waals surface area contributed by atoms with Gasteiger partial charge in [-0.15, -0.1) is 0 Å². The van der Waals surface area contributed by atoms with Crippen LogP contribution in [0.4, 0.5) is 0 Å². The second-order valence-corrected chi connectivity index (χ2v) is 6.33. The standard InChI is InChI=1S/C15H13BrClN3O2/c16-11-3-1-2-10(6-11)14(21)20-5-4-13(9-20)22-15-18-7-12(17)8-19-15/h1-3,6-8,13H,4-5,9H2. The maximum atomic E-state index is 12.4. The molecular formula is C15H13BrClN3O2. The van der Waals surface area contributed by atoms with Gasteiger partial charge in [0.05, 0.1) is 24.0 Å². The van der Waals surface area contributed by atoms with E-state index in [-0.39, 0.29) is 18.0 Å². The van der Waals surface area contributed by atoms with Crippen molar-refractivity contribution in [1.29, 1.82) is 0 Å². The maximum absolute atomic E-state index is 12.4. The molecule has 3 rings (SSSR count). The van der Waals surface area contributed by atoms with Gasteiger partial charge in [0.2, 0.25) is 0 Å². The van der Waals surface area contributed by atoms with Gasteiger partial charge in [-0.2, -0.15) is 0 Å². The number of ether oxygens (including phenoxy) is 1. The first-order valence-electron chi connectivity index (χ1n) is 6.81. The van der Waals surface area contributed by atoms with Crippen molar-refractivity contribution in [2.75, 3.05) is 13.1 Å². The zero-order valence-corrected chi connectivity index (χ0v) is 13.9. The van der Waals surface area contributed by atoms with Gasteiger partial charge in [0.1, 0.15) is 6.10 Å². The van der Waals surface area contributed by atoms with Gasteiger partial charge in [-0.1, -0.05) is 33.6 Å². The summed E-state index contributed by atoms with van der Waals surface area (Å²) in [6, 6.07) is 7.65.